The van der Waals surface area contributed by atoms with Gasteiger partial charge >= 0.3 is 5.97 Å². The normalized spacial score (nSPS) is 32.3. The molecule has 1 saturated heterocycles. The van der Waals surface area contributed by atoms with Gasteiger partial charge in [-0.1, -0.05) is 13.0 Å². The number of aromatic hydroxyl groups is 1. The van der Waals surface area contributed by atoms with E-state index < -0.39 is 28.8 Å². The molecule has 1 saturated carbocycles. The van der Waals surface area contributed by atoms with Crippen LogP contribution in [-0.2, 0) is 21.4 Å². The number of amides is 2. The van der Waals surface area contributed by atoms with Crippen molar-refractivity contribution in [1.82, 2.24) is 10.2 Å². The first-order valence-corrected chi connectivity index (χ1v) is 11.1. The largest absolute Gasteiger partial charge is 0.507 e. The minimum Gasteiger partial charge on any atom is -0.507 e. The SMILES string of the molecule is C[C@@H](CC(=O)O)C(=O)N[C@@H]1CC[C@@]2(O)[C@@H]3Cc4ccc(C(N)=O)c(O)c4[C@]2(CCN3C)C1. The molecule has 2 aliphatic carbocycles. The van der Waals surface area contributed by atoms with Crippen molar-refractivity contribution in [2.45, 2.75) is 68.5 Å². The number of nitrogens with two attached hydrogens (primary N) is 1. The molecule has 1 aromatic rings. The van der Waals surface area contributed by atoms with Crippen LogP contribution in [0.2, 0.25) is 0 Å². The van der Waals surface area contributed by atoms with Gasteiger partial charge in [0, 0.05) is 29.0 Å². The van der Waals surface area contributed by atoms with Crippen molar-refractivity contribution in [3.63, 3.8) is 0 Å². The first kappa shape index (κ1) is 22.5. The van der Waals surface area contributed by atoms with Crippen LogP contribution in [0.5, 0.6) is 5.75 Å². The highest BCUT2D eigenvalue weighted by Gasteiger charge is 2.65. The highest BCUT2D eigenvalue weighted by Crippen LogP contribution is 2.60. The summed E-state index contributed by atoms with van der Waals surface area (Å²) in [4.78, 5) is 37.7. The number of likely N-dealkylation sites (N-methyl/N-ethyl adjacent to an activating group) is 1. The molecule has 0 spiro atoms. The molecule has 9 nitrogen and oxygen atoms in total. The van der Waals surface area contributed by atoms with Crippen LogP contribution in [0, 0.1) is 5.92 Å². The van der Waals surface area contributed by atoms with Crippen LogP contribution in [0.25, 0.3) is 0 Å². The summed E-state index contributed by atoms with van der Waals surface area (Å²) in [5.41, 5.74) is 4.98. The van der Waals surface area contributed by atoms with Crippen LogP contribution in [0.1, 0.15) is 60.5 Å². The second-order valence-corrected chi connectivity index (χ2v) is 9.76. The molecule has 2 fully saturated rings. The molecule has 1 heterocycles. The molecule has 1 aliphatic heterocycles. The van der Waals surface area contributed by atoms with Crippen molar-refractivity contribution in [1.29, 1.82) is 0 Å². The fourth-order valence-electron chi connectivity index (χ4n) is 6.36. The molecule has 2 amide bonds. The van der Waals surface area contributed by atoms with E-state index in [4.69, 9.17) is 10.8 Å². The number of phenols is 1. The fourth-order valence-corrected chi connectivity index (χ4v) is 6.36. The highest BCUT2D eigenvalue weighted by atomic mass is 16.4. The zero-order valence-corrected chi connectivity index (χ0v) is 18.4. The summed E-state index contributed by atoms with van der Waals surface area (Å²) in [6, 6.07) is 2.90. The molecule has 1 aromatic carbocycles. The van der Waals surface area contributed by atoms with Gasteiger partial charge in [-0.3, -0.25) is 14.4 Å². The van der Waals surface area contributed by atoms with Gasteiger partial charge in [0.05, 0.1) is 17.6 Å². The molecular weight excluding hydrogens is 414 g/mol. The molecular formula is C23H31N3O6. The third kappa shape index (κ3) is 3.26. The lowest BCUT2D eigenvalue weighted by molar-refractivity contribution is -0.166. The molecule has 174 valence electrons. The molecule has 9 heteroatoms. The summed E-state index contributed by atoms with van der Waals surface area (Å²) < 4.78 is 0. The lowest BCUT2D eigenvalue weighted by atomic mass is 9.48. The zero-order chi connectivity index (χ0) is 23.4. The number of likely N-dealkylation sites (tertiary alicyclic amines) is 1. The monoisotopic (exact) mass is 445 g/mol. The van der Waals surface area contributed by atoms with E-state index in [1.165, 1.54) is 6.07 Å². The summed E-state index contributed by atoms with van der Waals surface area (Å²) in [5.74, 6) is -2.96. The third-order valence-electron chi connectivity index (χ3n) is 7.97. The van der Waals surface area contributed by atoms with E-state index in [1.807, 2.05) is 7.05 Å². The van der Waals surface area contributed by atoms with Crippen LogP contribution in [0.3, 0.4) is 0 Å². The molecule has 0 unspecified atom stereocenters. The quantitative estimate of drug-likeness (QED) is 0.442. The molecule has 0 radical (unpaired) electrons. The average Bonchev–Trinajstić information content (AvgIpc) is 2.70. The Balaban J connectivity index is 1.75. The maximum absolute atomic E-state index is 12.6. The smallest absolute Gasteiger partial charge is 0.304 e. The molecule has 2 bridgehead atoms. The van der Waals surface area contributed by atoms with E-state index >= 15 is 0 Å². The van der Waals surface area contributed by atoms with Crippen LogP contribution < -0.4 is 11.1 Å². The Bertz CT molecular complexity index is 981. The number of hydrogen-bond donors (Lipinski definition) is 5. The van der Waals surface area contributed by atoms with Gasteiger partial charge in [0.15, 0.2) is 0 Å². The van der Waals surface area contributed by atoms with E-state index in [1.54, 1.807) is 13.0 Å². The molecule has 4 rings (SSSR count). The Hall–Kier alpha value is -2.65. The number of fused-ring (bicyclic) bond motifs is 1. The van der Waals surface area contributed by atoms with Gasteiger partial charge in [-0.05, 0) is 57.3 Å². The highest BCUT2D eigenvalue weighted by molar-refractivity contribution is 5.96. The van der Waals surface area contributed by atoms with Gasteiger partial charge in [0.2, 0.25) is 5.91 Å². The van der Waals surface area contributed by atoms with Gasteiger partial charge in [0.25, 0.3) is 5.91 Å². The maximum Gasteiger partial charge on any atom is 0.304 e. The summed E-state index contributed by atoms with van der Waals surface area (Å²) in [7, 11) is 1.98. The Labute approximate surface area is 186 Å². The number of carbonyl (C=O) groups is 3. The first-order chi connectivity index (χ1) is 15.0. The maximum atomic E-state index is 12.6. The Morgan fingerprint density at radius 1 is 1.31 bits per heavy atom. The van der Waals surface area contributed by atoms with Crippen molar-refractivity contribution in [2.24, 2.45) is 11.7 Å². The van der Waals surface area contributed by atoms with Gasteiger partial charge in [-0.15, -0.1) is 0 Å². The van der Waals surface area contributed by atoms with Gasteiger partial charge < -0.3 is 31.3 Å². The van der Waals surface area contributed by atoms with Crippen molar-refractivity contribution in [3.8, 4) is 5.75 Å². The van der Waals surface area contributed by atoms with Crippen molar-refractivity contribution >= 4 is 17.8 Å². The Kier molecular flexibility index (Phi) is 5.45. The van der Waals surface area contributed by atoms with E-state index in [-0.39, 0.29) is 35.7 Å². The Morgan fingerprint density at radius 2 is 2.03 bits per heavy atom. The first-order valence-electron chi connectivity index (χ1n) is 11.1. The van der Waals surface area contributed by atoms with E-state index in [2.05, 4.69) is 10.2 Å². The number of hydrogen-bond acceptors (Lipinski definition) is 6. The number of aliphatic hydroxyl groups is 1. The number of carboxylic acid groups (broad SMARTS) is 1. The number of aliphatic carboxylic acids is 1. The standard InChI is InChI=1S/C23H31N3O6/c1-12(9-17(27)28)21(31)25-14-5-6-23(32)16-10-13-3-4-15(20(24)30)19(29)18(13)22(23,11-14)7-8-26(16)2/h3-4,12,14,16,29,32H,5-11H2,1-2H3,(H2,24,30)(H,25,31)(H,27,28)/t12-,14+,16-,22-,23+/m0/s1. The summed E-state index contributed by atoms with van der Waals surface area (Å²) in [6.45, 7) is 2.27. The van der Waals surface area contributed by atoms with E-state index in [0.29, 0.717) is 44.2 Å². The van der Waals surface area contributed by atoms with Crippen LogP contribution >= 0.6 is 0 Å². The second kappa shape index (κ2) is 7.74. The zero-order valence-electron chi connectivity index (χ0n) is 18.4. The predicted molar refractivity (Wildman–Crippen MR) is 115 cm³/mol. The summed E-state index contributed by atoms with van der Waals surface area (Å²) in [6.07, 6.45) is 2.19. The van der Waals surface area contributed by atoms with Crippen molar-refractivity contribution in [3.05, 3.63) is 28.8 Å². The second-order valence-electron chi connectivity index (χ2n) is 9.76. The molecule has 0 aromatic heterocycles. The number of rotatable bonds is 5. The number of carbonyl (C=O) groups excluding carboxylic acids is 2. The summed E-state index contributed by atoms with van der Waals surface area (Å²) in [5, 5.41) is 35.1. The van der Waals surface area contributed by atoms with Crippen LogP contribution in [-0.4, -0.2) is 69.3 Å². The number of benzene rings is 1. The minimum atomic E-state index is -1.13. The summed E-state index contributed by atoms with van der Waals surface area (Å²) >= 11 is 0. The van der Waals surface area contributed by atoms with Gasteiger partial charge in [0.1, 0.15) is 5.75 Å². The Morgan fingerprint density at radius 3 is 2.69 bits per heavy atom. The van der Waals surface area contributed by atoms with Gasteiger partial charge in [-0.2, -0.15) is 0 Å². The number of piperidine rings is 1. The molecule has 5 atom stereocenters. The molecule has 6 N–H and O–H groups in total. The van der Waals surface area contributed by atoms with Crippen LogP contribution in [0.15, 0.2) is 12.1 Å². The average molecular weight is 446 g/mol. The third-order valence-corrected chi connectivity index (χ3v) is 7.97. The lowest BCUT2D eigenvalue weighted by Gasteiger charge is -2.64. The molecule has 32 heavy (non-hydrogen) atoms. The van der Waals surface area contributed by atoms with Crippen LogP contribution in [0.4, 0.5) is 0 Å². The lowest BCUT2D eigenvalue weighted by Crippen LogP contribution is -2.73. The predicted octanol–water partition coefficient (Wildman–Crippen LogP) is 0.500. The van der Waals surface area contributed by atoms with E-state index in [9.17, 15) is 24.6 Å². The number of nitrogens with one attached hydrogen (secondary N) is 1. The fraction of sp³-hybridized carbons (Fsp3) is 0.609. The number of primary amides is 1. The minimum absolute atomic E-state index is 0.0269. The topological polar surface area (TPSA) is 153 Å². The van der Waals surface area contributed by atoms with Crippen molar-refractivity contribution in [2.75, 3.05) is 13.6 Å². The van der Waals surface area contributed by atoms with Crippen molar-refractivity contribution < 1.29 is 29.7 Å². The number of carboxylic acids is 1. The van der Waals surface area contributed by atoms with E-state index in [0.717, 1.165) is 5.56 Å². The van der Waals surface area contributed by atoms with Gasteiger partial charge in [-0.25, -0.2) is 0 Å². The number of nitrogens with zero attached hydrogens (tertiary/aromatic N) is 1. The molecule has 3 aliphatic rings.